The van der Waals surface area contributed by atoms with E-state index >= 15 is 0 Å². The molecule has 2 atom stereocenters. The van der Waals surface area contributed by atoms with Crippen molar-refractivity contribution in [1.82, 2.24) is 15.5 Å². The molecular weight excluding hydrogens is 426 g/mol. The predicted octanol–water partition coefficient (Wildman–Crippen LogP) is 3.48. The highest BCUT2D eigenvalue weighted by Gasteiger charge is 2.58. The smallest absolute Gasteiger partial charge is 0.260 e. The molecule has 2 N–H and O–H groups in total. The molecule has 4 rings (SSSR count). The van der Waals surface area contributed by atoms with E-state index in [1.807, 2.05) is 26.0 Å². The normalized spacial score (nSPS) is 27.6. The maximum absolute atomic E-state index is 13.7. The molecule has 2 saturated heterocycles. The van der Waals surface area contributed by atoms with Gasteiger partial charge >= 0.3 is 0 Å². The molecule has 8 heteroatoms. The highest BCUT2D eigenvalue weighted by Crippen LogP contribution is 2.58. The molecule has 0 aromatic heterocycles. The second-order valence-electron chi connectivity index (χ2n) is 11.0. The van der Waals surface area contributed by atoms with Crippen molar-refractivity contribution in [3.05, 3.63) is 23.3 Å². The number of methoxy groups -OCH3 is 2. The van der Waals surface area contributed by atoms with Gasteiger partial charge in [-0.05, 0) is 60.5 Å². The number of ether oxygens (including phenoxy) is 2. The first-order valence-electron chi connectivity index (χ1n) is 11.2. The predicted molar refractivity (Wildman–Crippen MR) is 126 cm³/mol. The van der Waals surface area contributed by atoms with E-state index < -0.39 is 10.8 Å². The Morgan fingerprint density at radius 1 is 1.09 bits per heavy atom. The monoisotopic (exact) mass is 461 g/mol. The summed E-state index contributed by atoms with van der Waals surface area (Å²) in [5.41, 5.74) is 1.23. The van der Waals surface area contributed by atoms with E-state index in [-0.39, 0.29) is 34.3 Å². The maximum Gasteiger partial charge on any atom is 0.260 e. The molecule has 1 aromatic rings. The lowest BCUT2D eigenvalue weighted by Crippen LogP contribution is -2.64. The Hall–Kier alpha value is -1.93. The molecule has 2 amide bonds. The van der Waals surface area contributed by atoms with E-state index in [2.05, 4.69) is 38.3 Å². The molecule has 2 unspecified atom stereocenters. The number of hydrogen-bond acceptors (Lipinski definition) is 6. The molecule has 176 valence electrons. The number of thioether (sulfide) groups is 1. The van der Waals surface area contributed by atoms with E-state index in [0.29, 0.717) is 17.1 Å². The SMILES string of the molecule is COc1ccc2c(c1OC)C(=O)N1C2SC(C)(C)C1C(=O)NC1CC(C)(C)NC(C)(C)C1. The Morgan fingerprint density at radius 2 is 1.72 bits per heavy atom. The number of nitrogens with zero attached hydrogens (tertiary/aromatic N) is 1. The summed E-state index contributed by atoms with van der Waals surface area (Å²) < 4.78 is 10.5. The van der Waals surface area contributed by atoms with Gasteiger partial charge in [-0.2, -0.15) is 0 Å². The third kappa shape index (κ3) is 3.75. The van der Waals surface area contributed by atoms with Crippen LogP contribution in [0.4, 0.5) is 0 Å². The molecule has 3 heterocycles. The Kier molecular flexibility index (Phi) is 5.48. The summed E-state index contributed by atoms with van der Waals surface area (Å²) in [6.45, 7) is 12.8. The lowest BCUT2D eigenvalue weighted by molar-refractivity contribution is -0.127. The number of piperidine rings is 1. The van der Waals surface area contributed by atoms with Crippen molar-refractivity contribution in [1.29, 1.82) is 0 Å². The van der Waals surface area contributed by atoms with Gasteiger partial charge in [0.15, 0.2) is 11.5 Å². The lowest BCUT2D eigenvalue weighted by atomic mass is 9.79. The summed E-state index contributed by atoms with van der Waals surface area (Å²) in [6.07, 6.45) is 1.68. The number of carbonyl (C=O) groups is 2. The van der Waals surface area contributed by atoms with E-state index in [9.17, 15) is 9.59 Å². The molecule has 2 fully saturated rings. The van der Waals surface area contributed by atoms with Gasteiger partial charge in [0.05, 0.1) is 19.8 Å². The molecule has 0 saturated carbocycles. The third-order valence-electron chi connectivity index (χ3n) is 6.68. The first-order valence-corrected chi connectivity index (χ1v) is 12.0. The molecule has 7 nitrogen and oxygen atoms in total. The number of carbonyl (C=O) groups excluding carboxylic acids is 2. The molecule has 3 aliphatic rings. The van der Waals surface area contributed by atoms with Gasteiger partial charge < -0.3 is 25.0 Å². The average Bonchev–Trinajstić information content (AvgIpc) is 3.07. The van der Waals surface area contributed by atoms with Gasteiger partial charge in [0.25, 0.3) is 5.91 Å². The van der Waals surface area contributed by atoms with E-state index in [1.165, 1.54) is 7.11 Å². The zero-order valence-electron chi connectivity index (χ0n) is 20.3. The number of amides is 2. The zero-order valence-corrected chi connectivity index (χ0v) is 21.1. The maximum atomic E-state index is 13.7. The summed E-state index contributed by atoms with van der Waals surface area (Å²) in [5, 5.41) is 6.73. The van der Waals surface area contributed by atoms with Crippen LogP contribution in [0, 0.1) is 0 Å². The first kappa shape index (κ1) is 23.2. The van der Waals surface area contributed by atoms with E-state index in [0.717, 1.165) is 18.4 Å². The second kappa shape index (κ2) is 7.55. The Balaban J connectivity index is 1.64. The molecule has 32 heavy (non-hydrogen) atoms. The van der Waals surface area contributed by atoms with Gasteiger partial charge in [-0.3, -0.25) is 9.59 Å². The van der Waals surface area contributed by atoms with Gasteiger partial charge in [0, 0.05) is 27.4 Å². The molecule has 0 bridgehead atoms. The Bertz CT molecular complexity index is 943. The van der Waals surface area contributed by atoms with Crippen molar-refractivity contribution in [2.45, 2.75) is 87.7 Å². The van der Waals surface area contributed by atoms with Crippen LogP contribution in [0.25, 0.3) is 0 Å². The number of hydrogen-bond donors (Lipinski definition) is 2. The van der Waals surface area contributed by atoms with Crippen molar-refractivity contribution >= 4 is 23.6 Å². The van der Waals surface area contributed by atoms with Crippen LogP contribution in [0.15, 0.2) is 12.1 Å². The van der Waals surface area contributed by atoms with Crippen LogP contribution in [-0.2, 0) is 4.79 Å². The molecular formula is C24H35N3O4S. The fourth-order valence-corrected chi connectivity index (χ4v) is 7.54. The average molecular weight is 462 g/mol. The van der Waals surface area contributed by atoms with Crippen LogP contribution in [0.1, 0.15) is 75.7 Å². The summed E-state index contributed by atoms with van der Waals surface area (Å²) in [5.74, 6) is 0.689. The van der Waals surface area contributed by atoms with Gasteiger partial charge in [-0.1, -0.05) is 6.07 Å². The van der Waals surface area contributed by atoms with Crippen LogP contribution >= 0.6 is 11.8 Å². The minimum absolute atomic E-state index is 0.0447. The topological polar surface area (TPSA) is 79.9 Å². The largest absolute Gasteiger partial charge is 0.493 e. The van der Waals surface area contributed by atoms with Crippen molar-refractivity contribution < 1.29 is 19.1 Å². The first-order chi connectivity index (χ1) is 14.8. The van der Waals surface area contributed by atoms with Crippen LogP contribution in [-0.4, -0.2) is 58.8 Å². The number of nitrogens with one attached hydrogen (secondary N) is 2. The van der Waals surface area contributed by atoms with Crippen molar-refractivity contribution in [2.75, 3.05) is 14.2 Å². The van der Waals surface area contributed by atoms with Crippen molar-refractivity contribution in [3.8, 4) is 11.5 Å². The summed E-state index contributed by atoms with van der Waals surface area (Å²) in [4.78, 5) is 29.0. The van der Waals surface area contributed by atoms with Crippen LogP contribution in [0.2, 0.25) is 0 Å². The highest BCUT2D eigenvalue weighted by molar-refractivity contribution is 8.01. The van der Waals surface area contributed by atoms with E-state index in [1.54, 1.807) is 23.8 Å². The van der Waals surface area contributed by atoms with Gasteiger partial charge in [-0.15, -0.1) is 11.8 Å². The van der Waals surface area contributed by atoms with Crippen LogP contribution in [0.5, 0.6) is 11.5 Å². The lowest BCUT2D eigenvalue weighted by Gasteiger charge is -2.47. The highest BCUT2D eigenvalue weighted by atomic mass is 32.2. The summed E-state index contributed by atoms with van der Waals surface area (Å²) >= 11 is 1.65. The fourth-order valence-electron chi connectivity index (χ4n) is 5.96. The Morgan fingerprint density at radius 3 is 2.28 bits per heavy atom. The third-order valence-corrected chi connectivity index (χ3v) is 8.22. The van der Waals surface area contributed by atoms with Crippen molar-refractivity contribution in [2.24, 2.45) is 0 Å². The number of benzene rings is 1. The number of fused-ring (bicyclic) bond motifs is 3. The van der Waals surface area contributed by atoms with E-state index in [4.69, 9.17) is 9.47 Å². The van der Waals surface area contributed by atoms with Gasteiger partial charge in [0.1, 0.15) is 11.4 Å². The summed E-state index contributed by atoms with van der Waals surface area (Å²) in [7, 11) is 3.09. The minimum atomic E-state index is -0.575. The molecule has 1 aromatic carbocycles. The summed E-state index contributed by atoms with van der Waals surface area (Å²) in [6, 6.07) is 3.22. The standard InChI is InChI=1S/C24H35N3O4S/c1-22(2)11-13(12-23(3,4)26-22)25-19(28)18-24(5,6)32-21-14-9-10-15(30-7)17(31-8)16(14)20(29)27(18)21/h9-10,13,18,21,26H,11-12H2,1-8H3,(H,25,28). The Labute approximate surface area is 195 Å². The molecule has 0 radical (unpaired) electrons. The molecule has 3 aliphatic heterocycles. The quantitative estimate of drug-likeness (QED) is 0.715. The van der Waals surface area contributed by atoms with Gasteiger partial charge in [0.2, 0.25) is 5.91 Å². The van der Waals surface area contributed by atoms with Crippen LogP contribution < -0.4 is 20.1 Å². The van der Waals surface area contributed by atoms with Crippen LogP contribution in [0.3, 0.4) is 0 Å². The molecule has 0 aliphatic carbocycles. The second-order valence-corrected chi connectivity index (χ2v) is 12.7. The molecule has 0 spiro atoms. The minimum Gasteiger partial charge on any atom is -0.493 e. The van der Waals surface area contributed by atoms with Crippen molar-refractivity contribution in [3.63, 3.8) is 0 Å². The zero-order chi connectivity index (χ0) is 23.6. The van der Waals surface area contributed by atoms with Gasteiger partial charge in [-0.25, -0.2) is 0 Å². The fraction of sp³-hybridized carbons (Fsp3) is 0.667. The number of rotatable bonds is 4.